The van der Waals surface area contributed by atoms with E-state index in [1.54, 1.807) is 6.92 Å². The minimum Gasteiger partial charge on any atom is -0.452 e. The first-order valence-corrected chi connectivity index (χ1v) is 8.62. The summed E-state index contributed by atoms with van der Waals surface area (Å²) in [5.41, 5.74) is 0.495. The van der Waals surface area contributed by atoms with Crippen molar-refractivity contribution in [1.29, 1.82) is 0 Å². The summed E-state index contributed by atoms with van der Waals surface area (Å²) in [4.78, 5) is 12.3. The normalized spacial score (nSPS) is 47.6. The van der Waals surface area contributed by atoms with Crippen molar-refractivity contribution in [1.82, 2.24) is 0 Å². The van der Waals surface area contributed by atoms with Crippen LogP contribution in [0.1, 0.15) is 58.3 Å². The quantitative estimate of drug-likeness (QED) is 0.575. The lowest BCUT2D eigenvalue weighted by Crippen LogP contribution is -2.74. The van der Waals surface area contributed by atoms with E-state index in [0.717, 1.165) is 6.61 Å². The van der Waals surface area contributed by atoms with Crippen molar-refractivity contribution in [3.8, 4) is 0 Å². The Bertz CT molecular complexity index is 485. The van der Waals surface area contributed by atoms with Gasteiger partial charge in [0.1, 0.15) is 11.7 Å². The van der Waals surface area contributed by atoms with Crippen LogP contribution in [0.2, 0.25) is 0 Å². The fourth-order valence-corrected chi connectivity index (χ4v) is 6.05. The van der Waals surface area contributed by atoms with Gasteiger partial charge in [-0.25, -0.2) is 4.79 Å². The topological polar surface area (TPSA) is 35.5 Å². The summed E-state index contributed by atoms with van der Waals surface area (Å²) in [7, 11) is 0. The summed E-state index contributed by atoms with van der Waals surface area (Å²) in [6.07, 6.45) is 10.0. The van der Waals surface area contributed by atoms with Gasteiger partial charge in [-0.2, -0.15) is 0 Å². The molecule has 4 rings (SSSR count). The van der Waals surface area contributed by atoms with E-state index in [1.165, 1.54) is 51.4 Å². The average Bonchev–Trinajstić information content (AvgIpc) is 2.61. The predicted octanol–water partition coefficient (Wildman–Crippen LogP) is 3.62. The second kappa shape index (κ2) is 4.58. The lowest BCUT2D eigenvalue weighted by molar-refractivity contribution is -0.288. The average molecular weight is 290 g/mol. The molecule has 3 aliphatic carbocycles. The summed E-state index contributed by atoms with van der Waals surface area (Å²) in [5.74, 6) is 0.806. The maximum absolute atomic E-state index is 12.3. The Hall–Kier alpha value is -0.830. The Balaban J connectivity index is 1.77. The van der Waals surface area contributed by atoms with E-state index in [0.29, 0.717) is 22.8 Å². The number of hydrogen-bond donors (Lipinski definition) is 0. The van der Waals surface area contributed by atoms with E-state index in [-0.39, 0.29) is 17.7 Å². The van der Waals surface area contributed by atoms with Crippen LogP contribution in [0.4, 0.5) is 0 Å². The van der Waals surface area contributed by atoms with Gasteiger partial charge in [-0.05, 0) is 39.0 Å². The maximum atomic E-state index is 12.3. The Morgan fingerprint density at radius 1 is 1.19 bits per heavy atom. The van der Waals surface area contributed by atoms with Crippen LogP contribution >= 0.6 is 0 Å². The van der Waals surface area contributed by atoms with Crippen LogP contribution < -0.4 is 0 Å². The van der Waals surface area contributed by atoms with Crippen LogP contribution in [0, 0.1) is 17.3 Å². The zero-order valence-electron chi connectivity index (χ0n) is 13.0. The van der Waals surface area contributed by atoms with Crippen LogP contribution in [-0.2, 0) is 14.3 Å². The van der Waals surface area contributed by atoms with Gasteiger partial charge in [-0.15, -0.1) is 0 Å². The van der Waals surface area contributed by atoms with Crippen LogP contribution in [0.25, 0.3) is 0 Å². The van der Waals surface area contributed by atoms with E-state index in [1.807, 2.05) is 0 Å². The van der Waals surface area contributed by atoms with Crippen LogP contribution in [-0.4, -0.2) is 24.3 Å². The third-order valence-corrected chi connectivity index (χ3v) is 6.77. The zero-order valence-corrected chi connectivity index (χ0v) is 13.0. The van der Waals surface area contributed by atoms with Gasteiger partial charge in [0.15, 0.2) is 0 Å². The Kier molecular flexibility index (Phi) is 3.01. The molecule has 0 aromatic rings. The lowest BCUT2D eigenvalue weighted by Gasteiger charge is -2.64. The first kappa shape index (κ1) is 13.8. The molecule has 4 fully saturated rings. The minimum atomic E-state index is -0.334. The second-order valence-electron chi connectivity index (χ2n) is 7.68. The Labute approximate surface area is 127 Å². The molecular formula is C18H26O3. The van der Waals surface area contributed by atoms with Crippen molar-refractivity contribution in [2.45, 2.75) is 70.0 Å². The molecule has 3 nitrogen and oxygen atoms in total. The highest BCUT2D eigenvalue weighted by Crippen LogP contribution is 2.71. The standard InChI is InChI=1S/C18H26O3/c1-12(2)15(19)21-18-13-6-3-4-8-14(18)17(9-5-7-13)10-11-20-16(17)18/h13-14,16H,1,3-11H2,2H3. The predicted molar refractivity (Wildman–Crippen MR) is 79.7 cm³/mol. The van der Waals surface area contributed by atoms with Crippen molar-refractivity contribution in [2.24, 2.45) is 17.3 Å². The van der Waals surface area contributed by atoms with Gasteiger partial charge in [-0.3, -0.25) is 0 Å². The highest BCUT2D eigenvalue weighted by molar-refractivity contribution is 5.87. The van der Waals surface area contributed by atoms with E-state index < -0.39 is 0 Å². The molecule has 21 heavy (non-hydrogen) atoms. The molecule has 116 valence electrons. The largest absolute Gasteiger partial charge is 0.452 e. The molecule has 4 bridgehead atoms. The van der Waals surface area contributed by atoms with Gasteiger partial charge in [0.25, 0.3) is 0 Å². The van der Waals surface area contributed by atoms with Crippen molar-refractivity contribution >= 4 is 5.97 Å². The molecule has 1 heterocycles. The van der Waals surface area contributed by atoms with Crippen molar-refractivity contribution in [2.75, 3.05) is 6.61 Å². The van der Waals surface area contributed by atoms with E-state index in [4.69, 9.17) is 9.47 Å². The number of esters is 1. The molecule has 0 aromatic carbocycles. The Morgan fingerprint density at radius 2 is 1.95 bits per heavy atom. The van der Waals surface area contributed by atoms with E-state index in [2.05, 4.69) is 6.58 Å². The van der Waals surface area contributed by atoms with Crippen LogP contribution in [0.15, 0.2) is 12.2 Å². The smallest absolute Gasteiger partial charge is 0.333 e. The summed E-state index contributed by atoms with van der Waals surface area (Å²) in [6.45, 7) is 6.38. The van der Waals surface area contributed by atoms with Crippen LogP contribution in [0.3, 0.4) is 0 Å². The second-order valence-corrected chi connectivity index (χ2v) is 7.68. The molecule has 5 atom stereocenters. The SMILES string of the molecule is C=C(C)C(=O)OC12C3CCCCC1C1(CCC3)CCOC12. The summed E-state index contributed by atoms with van der Waals surface area (Å²) < 4.78 is 12.3. The zero-order chi connectivity index (χ0) is 14.7. The fraction of sp³-hybridized carbons (Fsp3) is 0.833. The summed E-state index contributed by atoms with van der Waals surface area (Å²) in [6, 6.07) is 0. The molecule has 3 heteroatoms. The molecule has 1 saturated heterocycles. The number of carbonyl (C=O) groups excluding carboxylic acids is 1. The highest BCUT2D eigenvalue weighted by Gasteiger charge is 2.78. The highest BCUT2D eigenvalue weighted by atomic mass is 16.6. The molecular weight excluding hydrogens is 264 g/mol. The lowest BCUT2D eigenvalue weighted by atomic mass is 9.45. The van der Waals surface area contributed by atoms with Gasteiger partial charge < -0.3 is 9.47 Å². The number of hydrogen-bond acceptors (Lipinski definition) is 3. The first-order chi connectivity index (χ1) is 10.1. The molecule has 0 amide bonds. The summed E-state index contributed by atoms with van der Waals surface area (Å²) >= 11 is 0. The molecule has 1 spiro atoms. The Morgan fingerprint density at radius 3 is 2.76 bits per heavy atom. The minimum absolute atomic E-state index is 0.156. The first-order valence-electron chi connectivity index (χ1n) is 8.62. The van der Waals surface area contributed by atoms with Gasteiger partial charge in [0.05, 0.1) is 0 Å². The summed E-state index contributed by atoms with van der Waals surface area (Å²) in [5, 5.41) is 0. The molecule has 4 aliphatic rings. The van der Waals surface area contributed by atoms with Crippen molar-refractivity contribution in [3.63, 3.8) is 0 Å². The van der Waals surface area contributed by atoms with Gasteiger partial charge in [0.2, 0.25) is 0 Å². The van der Waals surface area contributed by atoms with E-state index >= 15 is 0 Å². The molecule has 1 aliphatic heterocycles. The third-order valence-electron chi connectivity index (χ3n) is 6.77. The van der Waals surface area contributed by atoms with Crippen molar-refractivity contribution < 1.29 is 14.3 Å². The van der Waals surface area contributed by atoms with Crippen molar-refractivity contribution in [3.05, 3.63) is 12.2 Å². The van der Waals surface area contributed by atoms with Gasteiger partial charge in [0, 0.05) is 29.4 Å². The molecule has 3 saturated carbocycles. The maximum Gasteiger partial charge on any atom is 0.333 e. The van der Waals surface area contributed by atoms with Gasteiger partial charge in [-0.1, -0.05) is 25.8 Å². The molecule has 0 N–H and O–H groups in total. The number of carbonyl (C=O) groups is 1. The fourth-order valence-electron chi connectivity index (χ4n) is 6.05. The number of ether oxygens (including phenoxy) is 2. The molecule has 5 unspecified atom stereocenters. The third kappa shape index (κ3) is 1.61. The molecule has 0 aromatic heterocycles. The monoisotopic (exact) mass is 290 g/mol. The van der Waals surface area contributed by atoms with Crippen LogP contribution in [0.5, 0.6) is 0 Å². The van der Waals surface area contributed by atoms with E-state index in [9.17, 15) is 4.79 Å². The number of rotatable bonds is 2. The van der Waals surface area contributed by atoms with Gasteiger partial charge >= 0.3 is 5.97 Å². The molecule has 0 radical (unpaired) electrons.